The maximum atomic E-state index is 11.1. The molecule has 5 heteroatoms. The molecule has 0 bridgehead atoms. The van der Waals surface area contributed by atoms with Crippen LogP contribution >= 0.6 is 0 Å². The molecule has 3 rings (SSSR count). The second-order valence-corrected chi connectivity index (χ2v) is 4.46. The molecule has 0 amide bonds. The number of ether oxygens (including phenoxy) is 2. The van der Waals surface area contributed by atoms with Gasteiger partial charge in [0, 0.05) is 18.0 Å². The van der Waals surface area contributed by atoms with E-state index in [4.69, 9.17) is 14.6 Å². The second kappa shape index (κ2) is 4.85. The van der Waals surface area contributed by atoms with Crippen molar-refractivity contribution in [1.29, 1.82) is 0 Å². The van der Waals surface area contributed by atoms with Gasteiger partial charge in [0.25, 0.3) is 0 Å². The van der Waals surface area contributed by atoms with Crippen LogP contribution in [0.4, 0.5) is 0 Å². The lowest BCUT2D eigenvalue weighted by molar-refractivity contribution is 0.0696. The minimum Gasteiger partial charge on any atom is -0.486 e. The van der Waals surface area contributed by atoms with Crippen LogP contribution in [0, 0.1) is 0 Å². The lowest BCUT2D eigenvalue weighted by atomic mass is 10.1. The van der Waals surface area contributed by atoms with Gasteiger partial charge >= 0.3 is 5.97 Å². The summed E-state index contributed by atoms with van der Waals surface area (Å²) in [6.07, 6.45) is 2.45. The van der Waals surface area contributed by atoms with E-state index in [1.807, 2.05) is 6.07 Å². The molecule has 0 aliphatic carbocycles. The fourth-order valence-corrected chi connectivity index (χ4v) is 2.16. The average Bonchev–Trinajstić information content (AvgIpc) is 2.91. The quantitative estimate of drug-likeness (QED) is 0.914. The highest BCUT2D eigenvalue weighted by molar-refractivity contribution is 5.96. The summed E-state index contributed by atoms with van der Waals surface area (Å²) >= 11 is 0. The van der Waals surface area contributed by atoms with E-state index in [0.717, 1.165) is 11.8 Å². The Bertz CT molecular complexity index is 620. The third-order valence-corrected chi connectivity index (χ3v) is 3.10. The number of aromatic carboxylic acids is 1. The molecule has 1 aromatic carbocycles. The predicted octanol–water partition coefficient (Wildman–Crippen LogP) is 2.10. The number of carboxylic acids is 1. The summed E-state index contributed by atoms with van der Waals surface area (Å²) in [5.74, 6) is -0.468. The highest BCUT2D eigenvalue weighted by atomic mass is 16.5. The highest BCUT2D eigenvalue weighted by Crippen LogP contribution is 2.28. The van der Waals surface area contributed by atoms with E-state index >= 15 is 0 Å². The van der Waals surface area contributed by atoms with Crippen LogP contribution in [0.15, 0.2) is 30.5 Å². The summed E-state index contributed by atoms with van der Waals surface area (Å²) in [5, 5.41) is 9.89. The smallest absolute Gasteiger partial charge is 0.335 e. The van der Waals surface area contributed by atoms with Gasteiger partial charge in [0.05, 0.1) is 18.8 Å². The van der Waals surface area contributed by atoms with Crippen LogP contribution < -0.4 is 4.74 Å². The van der Waals surface area contributed by atoms with E-state index in [0.29, 0.717) is 24.5 Å². The van der Waals surface area contributed by atoms with Crippen LogP contribution in [-0.4, -0.2) is 35.4 Å². The molecule has 0 radical (unpaired) electrons. The molecule has 2 aromatic rings. The topological polar surface area (TPSA) is 68.7 Å². The van der Waals surface area contributed by atoms with E-state index in [1.54, 1.807) is 18.3 Å². The van der Waals surface area contributed by atoms with Crippen LogP contribution in [0.3, 0.4) is 0 Å². The normalized spacial score (nSPS) is 18.6. The first-order valence-electron chi connectivity index (χ1n) is 6.10. The number of benzene rings is 1. The SMILES string of the molecule is O=C(O)c1cc(OC2CCOC2)c2ncccc2c1. The van der Waals surface area contributed by atoms with Crippen molar-refractivity contribution in [3.05, 3.63) is 36.0 Å². The third-order valence-electron chi connectivity index (χ3n) is 3.10. The Morgan fingerprint density at radius 2 is 2.37 bits per heavy atom. The van der Waals surface area contributed by atoms with Gasteiger partial charge in [-0.25, -0.2) is 4.79 Å². The summed E-state index contributed by atoms with van der Waals surface area (Å²) < 4.78 is 11.1. The Hall–Kier alpha value is -2.14. The molecule has 0 spiro atoms. The maximum absolute atomic E-state index is 11.1. The minimum atomic E-state index is -0.974. The van der Waals surface area contributed by atoms with Gasteiger partial charge in [-0.2, -0.15) is 0 Å². The lowest BCUT2D eigenvalue weighted by Crippen LogP contribution is -2.16. The number of carbonyl (C=O) groups is 1. The van der Waals surface area contributed by atoms with E-state index in [9.17, 15) is 4.79 Å². The molecule has 2 heterocycles. The van der Waals surface area contributed by atoms with E-state index in [-0.39, 0.29) is 11.7 Å². The molecular formula is C14H13NO4. The zero-order valence-electron chi connectivity index (χ0n) is 10.2. The molecule has 98 valence electrons. The molecule has 19 heavy (non-hydrogen) atoms. The standard InChI is InChI=1S/C14H13NO4/c16-14(17)10-6-9-2-1-4-15-13(9)12(7-10)19-11-3-5-18-8-11/h1-2,4,6-7,11H,3,5,8H2,(H,16,17). The zero-order chi connectivity index (χ0) is 13.2. The predicted molar refractivity (Wildman–Crippen MR) is 68.6 cm³/mol. The Kier molecular flexibility index (Phi) is 3.05. The number of aromatic nitrogens is 1. The Balaban J connectivity index is 2.06. The second-order valence-electron chi connectivity index (χ2n) is 4.46. The molecule has 1 N–H and O–H groups in total. The fourth-order valence-electron chi connectivity index (χ4n) is 2.16. The summed E-state index contributed by atoms with van der Waals surface area (Å²) in [6, 6.07) is 6.72. The van der Waals surface area contributed by atoms with Gasteiger partial charge in [-0.05, 0) is 18.2 Å². The molecule has 1 fully saturated rings. The molecule has 1 aliphatic rings. The van der Waals surface area contributed by atoms with Crippen LogP contribution in [0.1, 0.15) is 16.8 Å². The highest BCUT2D eigenvalue weighted by Gasteiger charge is 2.19. The summed E-state index contributed by atoms with van der Waals surface area (Å²) in [6.45, 7) is 1.21. The summed E-state index contributed by atoms with van der Waals surface area (Å²) in [7, 11) is 0. The van der Waals surface area contributed by atoms with Crippen LogP contribution in [-0.2, 0) is 4.74 Å². The number of rotatable bonds is 3. The molecule has 1 saturated heterocycles. The monoisotopic (exact) mass is 259 g/mol. The largest absolute Gasteiger partial charge is 0.486 e. The molecule has 5 nitrogen and oxygen atoms in total. The van der Waals surface area contributed by atoms with Crippen LogP contribution in [0.5, 0.6) is 5.75 Å². The number of carboxylic acid groups (broad SMARTS) is 1. The summed E-state index contributed by atoms with van der Waals surface area (Å²) in [4.78, 5) is 15.4. The third kappa shape index (κ3) is 2.37. The molecule has 1 aliphatic heterocycles. The van der Waals surface area contributed by atoms with Crippen molar-refractivity contribution < 1.29 is 19.4 Å². The number of nitrogens with zero attached hydrogens (tertiary/aromatic N) is 1. The molecule has 1 unspecified atom stereocenters. The lowest BCUT2D eigenvalue weighted by Gasteiger charge is -2.14. The van der Waals surface area contributed by atoms with Crippen LogP contribution in [0.25, 0.3) is 10.9 Å². The summed E-state index contributed by atoms with van der Waals surface area (Å²) in [5.41, 5.74) is 0.883. The zero-order valence-corrected chi connectivity index (χ0v) is 10.2. The number of pyridine rings is 1. The first-order chi connectivity index (χ1) is 9.24. The Morgan fingerprint density at radius 1 is 1.47 bits per heavy atom. The van der Waals surface area contributed by atoms with Gasteiger partial charge in [-0.1, -0.05) is 6.07 Å². The van der Waals surface area contributed by atoms with Gasteiger partial charge < -0.3 is 14.6 Å². The van der Waals surface area contributed by atoms with Crippen LogP contribution in [0.2, 0.25) is 0 Å². The molecule has 1 atom stereocenters. The molecular weight excluding hydrogens is 246 g/mol. The molecule has 1 aromatic heterocycles. The first kappa shape index (κ1) is 11.9. The van der Waals surface area contributed by atoms with Crippen molar-refractivity contribution in [3.63, 3.8) is 0 Å². The van der Waals surface area contributed by atoms with Crippen molar-refractivity contribution in [2.24, 2.45) is 0 Å². The van der Waals surface area contributed by atoms with Crippen molar-refractivity contribution in [2.75, 3.05) is 13.2 Å². The van der Waals surface area contributed by atoms with Gasteiger partial charge in [-0.3, -0.25) is 4.98 Å². The maximum Gasteiger partial charge on any atom is 0.335 e. The van der Waals surface area contributed by atoms with E-state index < -0.39 is 5.97 Å². The number of hydrogen-bond donors (Lipinski definition) is 1. The number of hydrogen-bond acceptors (Lipinski definition) is 4. The van der Waals surface area contributed by atoms with Gasteiger partial charge in [0.15, 0.2) is 0 Å². The average molecular weight is 259 g/mol. The van der Waals surface area contributed by atoms with Gasteiger partial charge in [-0.15, -0.1) is 0 Å². The minimum absolute atomic E-state index is 0.0331. The van der Waals surface area contributed by atoms with Crippen molar-refractivity contribution >= 4 is 16.9 Å². The number of fused-ring (bicyclic) bond motifs is 1. The fraction of sp³-hybridized carbons (Fsp3) is 0.286. The Morgan fingerprint density at radius 3 is 3.11 bits per heavy atom. The Labute approximate surface area is 109 Å². The van der Waals surface area contributed by atoms with Crippen molar-refractivity contribution in [1.82, 2.24) is 4.98 Å². The van der Waals surface area contributed by atoms with Crippen molar-refractivity contribution in [3.8, 4) is 5.75 Å². The van der Waals surface area contributed by atoms with Gasteiger partial charge in [0.2, 0.25) is 0 Å². The van der Waals surface area contributed by atoms with Gasteiger partial charge in [0.1, 0.15) is 17.4 Å². The first-order valence-corrected chi connectivity index (χ1v) is 6.10. The molecule has 0 saturated carbocycles. The van der Waals surface area contributed by atoms with E-state index in [1.165, 1.54) is 6.07 Å². The van der Waals surface area contributed by atoms with Crippen molar-refractivity contribution in [2.45, 2.75) is 12.5 Å². The van der Waals surface area contributed by atoms with E-state index in [2.05, 4.69) is 4.98 Å².